The van der Waals surface area contributed by atoms with Crippen LogP contribution in [0, 0.1) is 0 Å². The van der Waals surface area contributed by atoms with Crippen molar-refractivity contribution in [2.24, 2.45) is 0 Å². The van der Waals surface area contributed by atoms with Gasteiger partial charge in [0.25, 0.3) is 0 Å². The van der Waals surface area contributed by atoms with Gasteiger partial charge in [-0.25, -0.2) is 9.59 Å². The average Bonchev–Trinajstić information content (AvgIpc) is 3.55. The van der Waals surface area contributed by atoms with Crippen molar-refractivity contribution >= 4 is 17.9 Å². The number of aliphatic hydroxyl groups is 2. The molecule has 1 aliphatic carbocycles. The van der Waals surface area contributed by atoms with Crippen LogP contribution in [0.15, 0.2) is 60.7 Å². The molecule has 1 heterocycles. The minimum Gasteiger partial charge on any atom is -0.459 e. The fraction of sp³-hybridized carbons (Fsp3) is 0.348. The second-order valence-electron chi connectivity index (χ2n) is 7.68. The first kappa shape index (κ1) is 21.9. The topological polar surface area (TPSA) is 132 Å². The number of hydrogen-bond donors (Lipinski definition) is 2. The minimum atomic E-state index is -1.62. The summed E-state index contributed by atoms with van der Waals surface area (Å²) in [5.41, 5.74) is -0.928. The fourth-order valence-electron chi connectivity index (χ4n) is 3.91. The molecule has 6 atom stereocenters. The van der Waals surface area contributed by atoms with Crippen molar-refractivity contribution in [3.8, 4) is 0 Å². The Morgan fingerprint density at radius 2 is 1.44 bits per heavy atom. The third-order valence-corrected chi connectivity index (χ3v) is 5.53. The highest BCUT2D eigenvalue weighted by atomic mass is 16.7. The number of carbonyl (C=O) groups is 3. The molecule has 168 valence electrons. The molecule has 9 nitrogen and oxygen atoms in total. The SMILES string of the molecule is CC(=O)O[C@@H]1[C@@H](O)[C@@H](OC(=O)c2ccccc2)[C@H](O)[C@@H]2O[C@]12COC(=O)c1ccccc1. The van der Waals surface area contributed by atoms with E-state index in [0.29, 0.717) is 5.56 Å². The molecule has 0 radical (unpaired) electrons. The molecule has 2 aromatic rings. The summed E-state index contributed by atoms with van der Waals surface area (Å²) >= 11 is 0. The highest BCUT2D eigenvalue weighted by molar-refractivity contribution is 5.90. The number of fused-ring (bicyclic) bond motifs is 1. The largest absolute Gasteiger partial charge is 0.459 e. The second-order valence-corrected chi connectivity index (χ2v) is 7.68. The molecule has 0 spiro atoms. The third kappa shape index (κ3) is 4.10. The normalized spacial score (nSPS) is 30.5. The molecule has 0 amide bonds. The molecule has 2 aliphatic rings. The summed E-state index contributed by atoms with van der Waals surface area (Å²) in [4.78, 5) is 36.5. The second kappa shape index (κ2) is 8.70. The van der Waals surface area contributed by atoms with Gasteiger partial charge in [-0.2, -0.15) is 0 Å². The Bertz CT molecular complexity index is 993. The first-order chi connectivity index (χ1) is 15.3. The van der Waals surface area contributed by atoms with Gasteiger partial charge in [0.2, 0.25) is 0 Å². The molecule has 0 unspecified atom stereocenters. The van der Waals surface area contributed by atoms with Crippen LogP contribution in [0.2, 0.25) is 0 Å². The maximum atomic E-state index is 12.4. The number of benzene rings is 2. The van der Waals surface area contributed by atoms with Crippen molar-refractivity contribution in [3.63, 3.8) is 0 Å². The Balaban J connectivity index is 1.51. The Hall–Kier alpha value is -3.27. The van der Waals surface area contributed by atoms with E-state index >= 15 is 0 Å². The lowest BCUT2D eigenvalue weighted by atomic mass is 9.80. The highest BCUT2D eigenvalue weighted by Gasteiger charge is 2.75. The number of hydrogen-bond acceptors (Lipinski definition) is 9. The van der Waals surface area contributed by atoms with Gasteiger partial charge in [0.1, 0.15) is 24.9 Å². The lowest BCUT2D eigenvalue weighted by Gasteiger charge is -2.38. The Morgan fingerprint density at radius 1 is 0.875 bits per heavy atom. The van der Waals surface area contributed by atoms with E-state index in [2.05, 4.69) is 0 Å². The Labute approximate surface area is 183 Å². The molecule has 2 N–H and O–H groups in total. The number of aliphatic hydroxyl groups excluding tert-OH is 2. The summed E-state index contributed by atoms with van der Waals surface area (Å²) in [5, 5.41) is 21.6. The van der Waals surface area contributed by atoms with Crippen molar-refractivity contribution in [1.82, 2.24) is 0 Å². The van der Waals surface area contributed by atoms with Crippen LogP contribution >= 0.6 is 0 Å². The highest BCUT2D eigenvalue weighted by Crippen LogP contribution is 2.50. The van der Waals surface area contributed by atoms with Crippen LogP contribution < -0.4 is 0 Å². The van der Waals surface area contributed by atoms with Gasteiger partial charge in [-0.3, -0.25) is 4.79 Å². The number of esters is 3. The molecule has 2 fully saturated rings. The molecule has 1 saturated heterocycles. The summed E-state index contributed by atoms with van der Waals surface area (Å²) in [6.07, 6.45) is -6.77. The summed E-state index contributed by atoms with van der Waals surface area (Å²) in [7, 11) is 0. The van der Waals surface area contributed by atoms with Crippen LogP contribution in [0.25, 0.3) is 0 Å². The van der Waals surface area contributed by atoms with Crippen molar-refractivity contribution < 1.29 is 43.5 Å². The van der Waals surface area contributed by atoms with Gasteiger partial charge < -0.3 is 29.2 Å². The fourth-order valence-corrected chi connectivity index (χ4v) is 3.91. The molecule has 2 aromatic carbocycles. The molecular formula is C23H22O9. The maximum absolute atomic E-state index is 12.4. The molecule has 0 bridgehead atoms. The zero-order valence-corrected chi connectivity index (χ0v) is 17.1. The van der Waals surface area contributed by atoms with Crippen LogP contribution in [0.5, 0.6) is 0 Å². The summed E-state index contributed by atoms with van der Waals surface area (Å²) in [5.74, 6) is -2.13. The standard InChI is InChI=1S/C23H22O9/c1-13(24)30-19-16(25)18(31-22(28)15-10-6-3-7-11-15)17(26)20-23(19,32-20)12-29-21(27)14-8-4-2-5-9-14/h2-11,16-20,25-26H,12H2,1H3/t16-,17-,18+,19+,20-,23+/m0/s1. The van der Waals surface area contributed by atoms with Gasteiger partial charge in [-0.1, -0.05) is 36.4 Å². The van der Waals surface area contributed by atoms with Gasteiger partial charge in [-0.15, -0.1) is 0 Å². The van der Waals surface area contributed by atoms with Gasteiger partial charge in [-0.05, 0) is 24.3 Å². The summed E-state index contributed by atoms with van der Waals surface area (Å²) < 4.78 is 21.5. The average molecular weight is 442 g/mol. The number of carbonyl (C=O) groups excluding carboxylic acids is 3. The molecule has 9 heteroatoms. The predicted molar refractivity (Wildman–Crippen MR) is 108 cm³/mol. The molecule has 1 saturated carbocycles. The lowest BCUT2D eigenvalue weighted by Crippen LogP contribution is -2.62. The van der Waals surface area contributed by atoms with Crippen molar-refractivity contribution in [3.05, 3.63) is 71.8 Å². The van der Waals surface area contributed by atoms with Crippen molar-refractivity contribution in [2.45, 2.75) is 43.0 Å². The van der Waals surface area contributed by atoms with Gasteiger partial charge in [0, 0.05) is 6.92 Å². The Kier molecular flexibility index (Phi) is 5.96. The van der Waals surface area contributed by atoms with Gasteiger partial charge >= 0.3 is 17.9 Å². The van der Waals surface area contributed by atoms with Crippen LogP contribution in [0.4, 0.5) is 0 Å². The summed E-state index contributed by atoms with van der Waals surface area (Å²) in [6.45, 7) is 0.765. The monoisotopic (exact) mass is 442 g/mol. The van der Waals surface area contributed by atoms with E-state index in [-0.39, 0.29) is 12.2 Å². The van der Waals surface area contributed by atoms with E-state index in [1.54, 1.807) is 48.5 Å². The molecule has 0 aromatic heterocycles. The van der Waals surface area contributed by atoms with Gasteiger partial charge in [0.15, 0.2) is 17.8 Å². The predicted octanol–water partition coefficient (Wildman–Crippen LogP) is 0.874. The van der Waals surface area contributed by atoms with E-state index < -0.39 is 54.0 Å². The lowest BCUT2D eigenvalue weighted by molar-refractivity contribution is -0.180. The van der Waals surface area contributed by atoms with Crippen molar-refractivity contribution in [1.29, 1.82) is 0 Å². The van der Waals surface area contributed by atoms with Crippen LogP contribution in [-0.4, -0.2) is 70.8 Å². The molecule has 32 heavy (non-hydrogen) atoms. The van der Waals surface area contributed by atoms with E-state index in [9.17, 15) is 24.6 Å². The first-order valence-corrected chi connectivity index (χ1v) is 10.0. The van der Waals surface area contributed by atoms with Crippen LogP contribution in [0.1, 0.15) is 27.6 Å². The van der Waals surface area contributed by atoms with E-state index in [1.807, 2.05) is 0 Å². The molecule has 4 rings (SSSR count). The number of ether oxygens (including phenoxy) is 4. The third-order valence-electron chi connectivity index (χ3n) is 5.53. The quantitative estimate of drug-likeness (QED) is 0.380. The molecular weight excluding hydrogens is 420 g/mol. The van der Waals surface area contributed by atoms with Gasteiger partial charge in [0.05, 0.1) is 11.1 Å². The van der Waals surface area contributed by atoms with E-state index in [4.69, 9.17) is 18.9 Å². The zero-order chi connectivity index (χ0) is 22.9. The van der Waals surface area contributed by atoms with E-state index in [0.717, 1.165) is 6.92 Å². The zero-order valence-electron chi connectivity index (χ0n) is 17.1. The number of rotatable bonds is 6. The first-order valence-electron chi connectivity index (χ1n) is 10.0. The number of epoxide rings is 1. The smallest absolute Gasteiger partial charge is 0.338 e. The van der Waals surface area contributed by atoms with Crippen LogP contribution in [0.3, 0.4) is 0 Å². The molecule has 1 aliphatic heterocycles. The Morgan fingerprint density at radius 3 is 2.00 bits per heavy atom. The van der Waals surface area contributed by atoms with E-state index in [1.165, 1.54) is 12.1 Å². The van der Waals surface area contributed by atoms with Crippen LogP contribution in [-0.2, 0) is 23.7 Å². The van der Waals surface area contributed by atoms with Crippen molar-refractivity contribution in [2.75, 3.05) is 6.61 Å². The minimum absolute atomic E-state index is 0.223. The summed E-state index contributed by atoms with van der Waals surface area (Å²) in [6, 6.07) is 16.3. The maximum Gasteiger partial charge on any atom is 0.338 e.